The molecule has 2 atom stereocenters. The molecule has 1 fully saturated rings. The number of aryl methyl sites for hydroxylation is 1. The second kappa shape index (κ2) is 6.10. The van der Waals surface area contributed by atoms with E-state index in [0.29, 0.717) is 11.6 Å². The van der Waals surface area contributed by atoms with Crippen molar-refractivity contribution < 1.29 is 4.39 Å². The maximum absolute atomic E-state index is 13.8. The Morgan fingerprint density at radius 2 is 2.10 bits per heavy atom. The Morgan fingerprint density at radius 3 is 2.65 bits per heavy atom. The molecule has 2 rings (SSSR count). The van der Waals surface area contributed by atoms with Gasteiger partial charge in [-0.05, 0) is 50.6 Å². The van der Waals surface area contributed by atoms with Crippen LogP contribution in [0, 0.1) is 12.7 Å². The minimum absolute atomic E-state index is 0.153. The molecule has 0 saturated carbocycles. The van der Waals surface area contributed by atoms with E-state index in [1.165, 1.54) is 0 Å². The Labute approximate surface area is 121 Å². The lowest BCUT2D eigenvalue weighted by atomic mass is 10.0. The highest BCUT2D eigenvalue weighted by molar-refractivity contribution is 5.57. The molecule has 1 aromatic carbocycles. The second-order valence-corrected chi connectivity index (χ2v) is 5.87. The number of piperazine rings is 1. The highest BCUT2D eigenvalue weighted by Gasteiger charge is 2.25. The van der Waals surface area contributed by atoms with Crippen LogP contribution < -0.4 is 10.6 Å². The largest absolute Gasteiger partial charge is 0.368 e. The van der Waals surface area contributed by atoms with Crippen molar-refractivity contribution in [2.24, 2.45) is 5.73 Å². The van der Waals surface area contributed by atoms with E-state index in [-0.39, 0.29) is 11.9 Å². The number of likely N-dealkylation sites (N-methyl/N-ethyl adjacent to an activating group) is 1. The number of rotatable bonds is 3. The molecule has 0 bridgehead atoms. The molecule has 1 aliphatic rings. The molecule has 20 heavy (non-hydrogen) atoms. The molecule has 0 aliphatic carbocycles. The molecule has 0 amide bonds. The van der Waals surface area contributed by atoms with Gasteiger partial charge in [0.25, 0.3) is 0 Å². The number of hydrogen-bond acceptors (Lipinski definition) is 3. The molecular weight excluding hydrogens is 253 g/mol. The van der Waals surface area contributed by atoms with Crippen LogP contribution in [0.4, 0.5) is 10.1 Å². The monoisotopic (exact) mass is 279 g/mol. The highest BCUT2D eigenvalue weighted by atomic mass is 19.1. The average Bonchev–Trinajstić information content (AvgIpc) is 2.41. The smallest absolute Gasteiger partial charge is 0.126 e. The standard InChI is InChI=1S/C16H26FN3/c1-5-19-6-7-20(10-12(19)3)16-8-11(2)15(17)9-14(16)13(4)18/h8-9,12-13H,5-7,10,18H2,1-4H3. The lowest BCUT2D eigenvalue weighted by Gasteiger charge is -2.41. The van der Waals surface area contributed by atoms with Crippen LogP contribution in [-0.2, 0) is 0 Å². The van der Waals surface area contributed by atoms with Gasteiger partial charge < -0.3 is 10.6 Å². The van der Waals surface area contributed by atoms with Gasteiger partial charge in [-0.2, -0.15) is 0 Å². The van der Waals surface area contributed by atoms with Crippen LogP contribution in [0.2, 0.25) is 0 Å². The minimum Gasteiger partial charge on any atom is -0.368 e. The topological polar surface area (TPSA) is 32.5 Å². The van der Waals surface area contributed by atoms with Gasteiger partial charge in [-0.15, -0.1) is 0 Å². The van der Waals surface area contributed by atoms with Crippen molar-refractivity contribution >= 4 is 5.69 Å². The summed E-state index contributed by atoms with van der Waals surface area (Å²) in [6.07, 6.45) is 0. The summed E-state index contributed by atoms with van der Waals surface area (Å²) in [5, 5.41) is 0. The predicted molar refractivity (Wildman–Crippen MR) is 82.7 cm³/mol. The van der Waals surface area contributed by atoms with Crippen molar-refractivity contribution in [3.8, 4) is 0 Å². The van der Waals surface area contributed by atoms with E-state index in [4.69, 9.17) is 5.73 Å². The molecule has 0 radical (unpaired) electrons. The van der Waals surface area contributed by atoms with Gasteiger partial charge in [-0.1, -0.05) is 6.92 Å². The van der Waals surface area contributed by atoms with Crippen molar-refractivity contribution in [1.29, 1.82) is 0 Å². The van der Waals surface area contributed by atoms with Gasteiger partial charge in [0.05, 0.1) is 0 Å². The van der Waals surface area contributed by atoms with Gasteiger partial charge in [0, 0.05) is 37.4 Å². The normalized spacial score (nSPS) is 22.1. The van der Waals surface area contributed by atoms with Crippen LogP contribution in [0.25, 0.3) is 0 Å². The van der Waals surface area contributed by atoms with Gasteiger partial charge in [-0.25, -0.2) is 4.39 Å². The molecule has 0 spiro atoms. The zero-order chi connectivity index (χ0) is 14.9. The van der Waals surface area contributed by atoms with E-state index in [0.717, 1.165) is 37.4 Å². The fourth-order valence-electron chi connectivity index (χ4n) is 3.00. The van der Waals surface area contributed by atoms with Crippen molar-refractivity contribution in [3.05, 3.63) is 29.1 Å². The lowest BCUT2D eigenvalue weighted by molar-refractivity contribution is 0.199. The van der Waals surface area contributed by atoms with Crippen LogP contribution in [0.15, 0.2) is 12.1 Å². The summed E-state index contributed by atoms with van der Waals surface area (Å²) in [7, 11) is 0. The zero-order valence-electron chi connectivity index (χ0n) is 13.0. The third-order valence-electron chi connectivity index (χ3n) is 4.31. The Morgan fingerprint density at radius 1 is 1.40 bits per heavy atom. The first-order valence-electron chi connectivity index (χ1n) is 7.48. The fraction of sp³-hybridized carbons (Fsp3) is 0.625. The van der Waals surface area contributed by atoms with Crippen molar-refractivity contribution in [2.75, 3.05) is 31.1 Å². The fourth-order valence-corrected chi connectivity index (χ4v) is 3.00. The van der Waals surface area contributed by atoms with Crippen molar-refractivity contribution in [1.82, 2.24) is 4.90 Å². The summed E-state index contributed by atoms with van der Waals surface area (Å²) >= 11 is 0. The lowest BCUT2D eigenvalue weighted by Crippen LogP contribution is -2.52. The van der Waals surface area contributed by atoms with Gasteiger partial charge >= 0.3 is 0 Å². The van der Waals surface area contributed by atoms with E-state index in [1.807, 2.05) is 19.9 Å². The maximum Gasteiger partial charge on any atom is 0.126 e. The minimum atomic E-state index is -0.165. The van der Waals surface area contributed by atoms with Crippen molar-refractivity contribution in [3.63, 3.8) is 0 Å². The van der Waals surface area contributed by atoms with E-state index in [9.17, 15) is 4.39 Å². The first-order valence-corrected chi connectivity index (χ1v) is 7.48. The van der Waals surface area contributed by atoms with Gasteiger partial charge in [-0.3, -0.25) is 4.90 Å². The van der Waals surface area contributed by atoms with Crippen LogP contribution >= 0.6 is 0 Å². The summed E-state index contributed by atoms with van der Waals surface area (Å²) in [6, 6.07) is 3.91. The molecule has 0 aromatic heterocycles. The second-order valence-electron chi connectivity index (χ2n) is 5.87. The molecule has 1 heterocycles. The molecule has 2 unspecified atom stereocenters. The van der Waals surface area contributed by atoms with Gasteiger partial charge in [0.2, 0.25) is 0 Å². The molecule has 3 nitrogen and oxygen atoms in total. The quantitative estimate of drug-likeness (QED) is 0.923. The van der Waals surface area contributed by atoms with Crippen LogP contribution in [0.1, 0.15) is 37.9 Å². The number of halogens is 1. The molecule has 1 aliphatic heterocycles. The van der Waals surface area contributed by atoms with Crippen LogP contribution in [0.3, 0.4) is 0 Å². The van der Waals surface area contributed by atoms with E-state index < -0.39 is 0 Å². The highest BCUT2D eigenvalue weighted by Crippen LogP contribution is 2.30. The number of nitrogens with two attached hydrogens (primary N) is 1. The van der Waals surface area contributed by atoms with Gasteiger partial charge in [0.1, 0.15) is 5.82 Å². The Hall–Kier alpha value is -1.13. The Balaban J connectivity index is 2.31. The first kappa shape index (κ1) is 15.3. The molecule has 2 N–H and O–H groups in total. The number of anilines is 1. The summed E-state index contributed by atoms with van der Waals surface area (Å²) in [4.78, 5) is 4.82. The van der Waals surface area contributed by atoms with Crippen LogP contribution in [0.5, 0.6) is 0 Å². The van der Waals surface area contributed by atoms with E-state index >= 15 is 0 Å². The molecular formula is C16H26FN3. The number of nitrogens with zero attached hydrogens (tertiary/aromatic N) is 2. The van der Waals surface area contributed by atoms with E-state index in [2.05, 4.69) is 23.6 Å². The van der Waals surface area contributed by atoms with Gasteiger partial charge in [0.15, 0.2) is 0 Å². The summed E-state index contributed by atoms with van der Waals surface area (Å²) in [6.45, 7) is 12.2. The summed E-state index contributed by atoms with van der Waals surface area (Å²) in [5.74, 6) is -0.165. The Kier molecular flexibility index (Phi) is 4.66. The van der Waals surface area contributed by atoms with E-state index in [1.54, 1.807) is 6.07 Å². The molecule has 112 valence electrons. The van der Waals surface area contributed by atoms with Crippen LogP contribution in [-0.4, -0.2) is 37.1 Å². The SMILES string of the molecule is CCN1CCN(c2cc(C)c(F)cc2C(C)N)CC1C. The molecule has 1 saturated heterocycles. The molecule has 1 aromatic rings. The molecule has 4 heteroatoms. The number of hydrogen-bond donors (Lipinski definition) is 1. The average molecular weight is 279 g/mol. The third-order valence-corrected chi connectivity index (χ3v) is 4.31. The first-order chi connectivity index (χ1) is 9.43. The Bertz CT molecular complexity index is 473. The number of benzene rings is 1. The summed E-state index contributed by atoms with van der Waals surface area (Å²) < 4.78 is 13.8. The maximum atomic E-state index is 13.8. The third kappa shape index (κ3) is 2.96. The summed E-state index contributed by atoms with van der Waals surface area (Å²) in [5.41, 5.74) is 8.72. The zero-order valence-corrected chi connectivity index (χ0v) is 13.0. The van der Waals surface area contributed by atoms with Crippen molar-refractivity contribution in [2.45, 2.75) is 39.8 Å². The predicted octanol–water partition coefficient (Wildman–Crippen LogP) is 2.68.